The van der Waals surface area contributed by atoms with Gasteiger partial charge in [-0.3, -0.25) is 3.96 Å². The molecule has 2 aromatic carbocycles. The summed E-state index contributed by atoms with van der Waals surface area (Å²) in [7, 11) is 0. The minimum atomic E-state index is -0.146. The van der Waals surface area contributed by atoms with Gasteiger partial charge in [-0.1, -0.05) is 29.8 Å². The van der Waals surface area contributed by atoms with Gasteiger partial charge in [-0.05, 0) is 88.1 Å². The lowest BCUT2D eigenvalue weighted by Crippen LogP contribution is -2.30. The lowest BCUT2D eigenvalue weighted by molar-refractivity contribution is 0.619. The van der Waals surface area contributed by atoms with Gasteiger partial charge in [-0.2, -0.15) is 0 Å². The Bertz CT molecular complexity index is 1080. The summed E-state index contributed by atoms with van der Waals surface area (Å²) >= 11 is 7.74. The topological polar surface area (TPSA) is 17.0 Å². The van der Waals surface area contributed by atoms with Gasteiger partial charge >= 0.3 is 0 Å². The third kappa shape index (κ3) is 2.63. The fourth-order valence-electron chi connectivity index (χ4n) is 3.80. The number of nitrogens with one attached hydrogen (secondary N) is 1. The number of aromatic nitrogens is 1. The lowest BCUT2D eigenvalue weighted by Gasteiger charge is -2.33. The maximum atomic E-state index is 5.98. The first kappa shape index (κ1) is 17.5. The quantitative estimate of drug-likeness (QED) is 0.466. The van der Waals surface area contributed by atoms with Crippen molar-refractivity contribution >= 4 is 29.4 Å². The fraction of sp³-hybridized carbons (Fsp3) is 0.318. The van der Waals surface area contributed by atoms with Crippen LogP contribution in [0.4, 0.5) is 5.69 Å². The van der Waals surface area contributed by atoms with E-state index in [1.54, 1.807) is 11.5 Å². The molecule has 0 unspecified atom stereocenters. The van der Waals surface area contributed by atoms with Crippen molar-refractivity contribution in [1.82, 2.24) is 3.96 Å². The van der Waals surface area contributed by atoms with E-state index in [1.807, 2.05) is 0 Å². The number of benzene rings is 2. The van der Waals surface area contributed by atoms with Crippen LogP contribution in [0.15, 0.2) is 30.3 Å². The SMILES string of the molecule is Cc1cc(C)cc(-n2sc3c(c2=S)-c2cc(C)c(C)cc2NC3(C)C)c1. The summed E-state index contributed by atoms with van der Waals surface area (Å²) in [5.41, 5.74) is 9.77. The molecule has 3 aromatic rings. The molecule has 2 nitrogen and oxygen atoms in total. The number of fused-ring (bicyclic) bond motifs is 3. The molecule has 26 heavy (non-hydrogen) atoms. The number of aryl methyl sites for hydroxylation is 4. The lowest BCUT2D eigenvalue weighted by atomic mass is 9.88. The minimum Gasteiger partial charge on any atom is -0.375 e. The first-order chi connectivity index (χ1) is 12.2. The van der Waals surface area contributed by atoms with E-state index in [2.05, 4.69) is 81.1 Å². The fourth-order valence-corrected chi connectivity index (χ4v) is 5.44. The third-order valence-corrected chi connectivity index (χ3v) is 7.14. The minimum absolute atomic E-state index is 0.146. The summed E-state index contributed by atoms with van der Waals surface area (Å²) in [5.74, 6) is 0. The summed E-state index contributed by atoms with van der Waals surface area (Å²) in [5, 5.41) is 3.73. The number of hydrogen-bond acceptors (Lipinski definition) is 3. The van der Waals surface area contributed by atoms with Crippen LogP contribution in [-0.4, -0.2) is 3.96 Å². The van der Waals surface area contributed by atoms with Gasteiger partial charge in [0.25, 0.3) is 0 Å². The van der Waals surface area contributed by atoms with E-state index in [-0.39, 0.29) is 5.54 Å². The van der Waals surface area contributed by atoms with Gasteiger partial charge < -0.3 is 5.32 Å². The van der Waals surface area contributed by atoms with Crippen molar-refractivity contribution < 1.29 is 0 Å². The molecule has 1 aliphatic heterocycles. The molecule has 1 aromatic heterocycles. The second-order valence-electron chi connectivity index (χ2n) is 7.97. The van der Waals surface area contributed by atoms with Crippen molar-refractivity contribution in [2.75, 3.05) is 5.32 Å². The molecule has 0 amide bonds. The molecule has 4 rings (SSSR count). The zero-order valence-electron chi connectivity index (χ0n) is 16.2. The van der Waals surface area contributed by atoms with Crippen molar-refractivity contribution in [2.24, 2.45) is 0 Å². The first-order valence-corrected chi connectivity index (χ1v) is 10.1. The zero-order valence-corrected chi connectivity index (χ0v) is 17.8. The predicted molar refractivity (Wildman–Crippen MR) is 116 cm³/mol. The van der Waals surface area contributed by atoms with Gasteiger partial charge in [0.2, 0.25) is 0 Å². The Morgan fingerprint density at radius 1 is 0.923 bits per heavy atom. The maximum absolute atomic E-state index is 5.98. The van der Waals surface area contributed by atoms with Crippen LogP contribution in [-0.2, 0) is 5.54 Å². The maximum Gasteiger partial charge on any atom is 0.129 e. The van der Waals surface area contributed by atoms with Gasteiger partial charge in [0.05, 0.1) is 16.1 Å². The van der Waals surface area contributed by atoms with Crippen molar-refractivity contribution in [3.63, 3.8) is 0 Å². The van der Waals surface area contributed by atoms with E-state index >= 15 is 0 Å². The molecular formula is C22H24N2S2. The van der Waals surface area contributed by atoms with Crippen LogP contribution in [0, 0.1) is 32.3 Å². The standard InChI is InChI=1S/C22H24N2S2/c1-12-7-13(2)9-16(8-12)24-21(25)19-17-10-14(3)15(4)11-18(17)23-22(5,6)20(19)26-24/h7-11,23H,1-6H3. The van der Waals surface area contributed by atoms with E-state index < -0.39 is 0 Å². The van der Waals surface area contributed by atoms with Crippen LogP contribution in [0.5, 0.6) is 0 Å². The largest absolute Gasteiger partial charge is 0.375 e. The highest BCUT2D eigenvalue weighted by atomic mass is 32.1. The number of hydrogen-bond donors (Lipinski definition) is 1. The second kappa shape index (κ2) is 5.80. The van der Waals surface area contributed by atoms with Gasteiger partial charge in [-0.25, -0.2) is 0 Å². The van der Waals surface area contributed by atoms with Gasteiger partial charge in [0, 0.05) is 16.8 Å². The normalized spacial score (nSPS) is 14.5. The van der Waals surface area contributed by atoms with Crippen LogP contribution in [0.2, 0.25) is 0 Å². The Morgan fingerprint density at radius 2 is 1.54 bits per heavy atom. The molecule has 4 heteroatoms. The van der Waals surface area contributed by atoms with Crippen molar-refractivity contribution in [3.8, 4) is 16.8 Å². The molecule has 0 radical (unpaired) electrons. The van der Waals surface area contributed by atoms with E-state index in [0.717, 1.165) is 10.3 Å². The number of anilines is 1. The molecule has 0 saturated carbocycles. The van der Waals surface area contributed by atoms with Gasteiger partial charge in [0.1, 0.15) is 4.64 Å². The summed E-state index contributed by atoms with van der Waals surface area (Å²) in [6.45, 7) is 13.1. The molecular weight excluding hydrogens is 356 g/mol. The van der Waals surface area contributed by atoms with Crippen molar-refractivity contribution in [2.45, 2.75) is 47.1 Å². The highest BCUT2D eigenvalue weighted by Gasteiger charge is 2.34. The molecule has 0 spiro atoms. The van der Waals surface area contributed by atoms with Crippen LogP contribution in [0.3, 0.4) is 0 Å². The third-order valence-electron chi connectivity index (χ3n) is 5.17. The van der Waals surface area contributed by atoms with E-state index in [1.165, 1.54) is 43.9 Å². The summed E-state index contributed by atoms with van der Waals surface area (Å²) < 4.78 is 3.13. The predicted octanol–water partition coefficient (Wildman–Crippen LogP) is 6.83. The van der Waals surface area contributed by atoms with Gasteiger partial charge in [0.15, 0.2) is 0 Å². The Hall–Kier alpha value is -1.91. The molecule has 0 atom stereocenters. The van der Waals surface area contributed by atoms with E-state index in [4.69, 9.17) is 12.2 Å². The smallest absolute Gasteiger partial charge is 0.129 e. The summed E-state index contributed by atoms with van der Waals surface area (Å²) in [4.78, 5) is 1.30. The molecule has 134 valence electrons. The van der Waals surface area contributed by atoms with Crippen LogP contribution in [0.1, 0.15) is 41.0 Å². The van der Waals surface area contributed by atoms with Gasteiger partial charge in [-0.15, -0.1) is 0 Å². The van der Waals surface area contributed by atoms with Crippen LogP contribution in [0.25, 0.3) is 16.8 Å². The number of nitrogens with zero attached hydrogens (tertiary/aromatic N) is 1. The van der Waals surface area contributed by atoms with E-state index in [9.17, 15) is 0 Å². The van der Waals surface area contributed by atoms with E-state index in [0.29, 0.717) is 0 Å². The Balaban J connectivity index is 2.04. The Morgan fingerprint density at radius 3 is 2.19 bits per heavy atom. The molecule has 1 N–H and O–H groups in total. The number of rotatable bonds is 1. The van der Waals surface area contributed by atoms with Crippen molar-refractivity contribution in [1.29, 1.82) is 0 Å². The monoisotopic (exact) mass is 380 g/mol. The highest BCUT2D eigenvalue weighted by molar-refractivity contribution is 7.71. The second-order valence-corrected chi connectivity index (χ2v) is 9.32. The summed E-state index contributed by atoms with van der Waals surface area (Å²) in [6, 6.07) is 11.2. The Kier molecular flexibility index (Phi) is 3.90. The first-order valence-electron chi connectivity index (χ1n) is 8.92. The molecule has 0 aliphatic carbocycles. The average Bonchev–Trinajstić information content (AvgIpc) is 2.87. The molecule has 0 bridgehead atoms. The average molecular weight is 381 g/mol. The van der Waals surface area contributed by atoms with Crippen LogP contribution >= 0.6 is 23.8 Å². The van der Waals surface area contributed by atoms with Crippen LogP contribution < -0.4 is 5.32 Å². The molecule has 1 aliphatic rings. The highest BCUT2D eigenvalue weighted by Crippen LogP contribution is 2.48. The molecule has 2 heterocycles. The van der Waals surface area contributed by atoms with Crippen molar-refractivity contribution in [3.05, 3.63) is 62.1 Å². The Labute approximate surface area is 164 Å². The molecule has 0 fully saturated rings. The summed E-state index contributed by atoms with van der Waals surface area (Å²) in [6.07, 6.45) is 0. The zero-order chi connectivity index (χ0) is 18.8. The molecule has 0 saturated heterocycles.